The fourth-order valence-electron chi connectivity index (χ4n) is 2.98. The highest BCUT2D eigenvalue weighted by Gasteiger charge is 2.29. The molecule has 2 aromatic carbocycles. The Morgan fingerprint density at radius 2 is 1.35 bits per heavy atom. The monoisotopic (exact) mass is 422 g/mol. The van der Waals surface area contributed by atoms with Gasteiger partial charge in [-0.1, -0.05) is 32.9 Å². The van der Waals surface area contributed by atoms with Crippen molar-refractivity contribution in [2.75, 3.05) is 23.7 Å². The van der Waals surface area contributed by atoms with Crippen molar-refractivity contribution < 1.29 is 14.4 Å². The summed E-state index contributed by atoms with van der Waals surface area (Å²) in [4.78, 5) is 36.0. The first kappa shape index (κ1) is 22.3. The Bertz CT molecular complexity index is 927. The summed E-state index contributed by atoms with van der Waals surface area (Å²) >= 11 is 0. The van der Waals surface area contributed by atoms with Crippen LogP contribution in [-0.2, 0) is 10.2 Å². The highest BCUT2D eigenvalue weighted by atomic mass is 16.2. The summed E-state index contributed by atoms with van der Waals surface area (Å²) < 4.78 is 0. The molecule has 1 aliphatic rings. The van der Waals surface area contributed by atoms with Gasteiger partial charge in [-0.15, -0.1) is 0 Å². The van der Waals surface area contributed by atoms with Crippen LogP contribution in [0.2, 0.25) is 0 Å². The highest BCUT2D eigenvalue weighted by molar-refractivity contribution is 5.96. The second-order valence-corrected chi connectivity index (χ2v) is 8.81. The number of benzene rings is 2. The summed E-state index contributed by atoms with van der Waals surface area (Å²) in [5, 5.41) is 11.1. The van der Waals surface area contributed by atoms with Crippen LogP contribution >= 0.6 is 0 Å². The van der Waals surface area contributed by atoms with Gasteiger partial charge >= 0.3 is 6.03 Å². The van der Waals surface area contributed by atoms with Crippen molar-refractivity contribution in [3.8, 4) is 0 Å². The summed E-state index contributed by atoms with van der Waals surface area (Å²) in [5.74, 6) is -0.0673. The molecule has 0 spiro atoms. The largest absolute Gasteiger partial charge is 0.350 e. The van der Waals surface area contributed by atoms with Crippen LogP contribution in [0.25, 0.3) is 0 Å². The molecule has 7 nitrogen and oxygen atoms in total. The predicted octanol–water partition coefficient (Wildman–Crippen LogP) is 3.88. The summed E-state index contributed by atoms with van der Waals surface area (Å²) in [6.07, 6.45) is 1.89. The first-order valence-electron chi connectivity index (χ1n) is 10.6. The number of nitrogens with one attached hydrogen (secondary N) is 4. The smallest absolute Gasteiger partial charge is 0.319 e. The molecule has 4 amide bonds. The molecule has 31 heavy (non-hydrogen) atoms. The predicted molar refractivity (Wildman–Crippen MR) is 122 cm³/mol. The van der Waals surface area contributed by atoms with Gasteiger partial charge in [0.25, 0.3) is 5.91 Å². The van der Waals surface area contributed by atoms with Crippen LogP contribution < -0.4 is 21.3 Å². The molecule has 0 aromatic heterocycles. The van der Waals surface area contributed by atoms with Crippen LogP contribution in [0.5, 0.6) is 0 Å². The minimum Gasteiger partial charge on any atom is -0.350 e. The second-order valence-electron chi connectivity index (χ2n) is 8.81. The van der Waals surface area contributed by atoms with Gasteiger partial charge in [0.05, 0.1) is 0 Å². The van der Waals surface area contributed by atoms with Crippen molar-refractivity contribution in [2.45, 2.75) is 39.0 Å². The van der Waals surface area contributed by atoms with Crippen molar-refractivity contribution in [3.05, 3.63) is 59.7 Å². The number of hydrogen-bond donors (Lipinski definition) is 4. The third-order valence-electron chi connectivity index (χ3n) is 5.07. The summed E-state index contributed by atoms with van der Waals surface area (Å²) in [6.45, 7) is 7.01. The van der Waals surface area contributed by atoms with Crippen LogP contribution in [0.15, 0.2) is 48.5 Å². The molecule has 0 heterocycles. The normalized spacial score (nSPS) is 13.3. The lowest BCUT2D eigenvalue weighted by Gasteiger charge is -2.19. The fraction of sp³-hybridized carbons (Fsp3) is 0.375. The second kappa shape index (κ2) is 9.64. The van der Waals surface area contributed by atoms with E-state index in [4.69, 9.17) is 0 Å². The summed E-state index contributed by atoms with van der Waals surface area (Å²) in [7, 11) is 0. The Morgan fingerprint density at radius 1 is 0.806 bits per heavy atom. The van der Waals surface area contributed by atoms with E-state index in [-0.39, 0.29) is 29.2 Å². The zero-order chi connectivity index (χ0) is 22.4. The van der Waals surface area contributed by atoms with E-state index in [0.717, 1.165) is 12.8 Å². The first-order chi connectivity index (χ1) is 14.7. The third-order valence-corrected chi connectivity index (χ3v) is 5.07. The molecule has 164 valence electrons. The number of urea groups is 1. The average Bonchev–Trinajstić information content (AvgIpc) is 3.57. The maximum Gasteiger partial charge on any atom is 0.319 e. The Kier molecular flexibility index (Phi) is 6.95. The van der Waals surface area contributed by atoms with E-state index in [1.54, 1.807) is 24.3 Å². The minimum absolute atomic E-state index is 0.0340. The standard InChI is InChI=1S/C24H30N4O3/c1-24(2,3)18-8-12-20(13-9-18)28-23(31)26-15-14-25-21(29)16-6-10-19(11-7-16)27-22(30)17-4-5-17/h6-13,17H,4-5,14-15H2,1-3H3,(H,25,29)(H,27,30)(H2,26,28,31). The Hall–Kier alpha value is -3.35. The van der Waals surface area contributed by atoms with E-state index in [2.05, 4.69) is 42.0 Å². The zero-order valence-electron chi connectivity index (χ0n) is 18.2. The van der Waals surface area contributed by atoms with E-state index in [9.17, 15) is 14.4 Å². The molecule has 1 fully saturated rings. The van der Waals surface area contributed by atoms with Gasteiger partial charge in [0.15, 0.2) is 0 Å². The van der Waals surface area contributed by atoms with Gasteiger partial charge < -0.3 is 21.3 Å². The molecule has 0 unspecified atom stereocenters. The van der Waals surface area contributed by atoms with Gasteiger partial charge in [-0.2, -0.15) is 0 Å². The minimum atomic E-state index is -0.325. The molecule has 2 aromatic rings. The number of carbonyl (C=O) groups is 3. The summed E-state index contributed by atoms with van der Waals surface area (Å²) in [6, 6.07) is 14.2. The Balaban J connectivity index is 1.36. The van der Waals surface area contributed by atoms with Crippen molar-refractivity contribution in [1.29, 1.82) is 0 Å². The van der Waals surface area contributed by atoms with Gasteiger partial charge in [-0.25, -0.2) is 4.79 Å². The van der Waals surface area contributed by atoms with Crippen LogP contribution in [0, 0.1) is 5.92 Å². The van der Waals surface area contributed by atoms with Gasteiger partial charge in [0.1, 0.15) is 0 Å². The van der Waals surface area contributed by atoms with E-state index in [0.29, 0.717) is 30.0 Å². The lowest BCUT2D eigenvalue weighted by Crippen LogP contribution is -2.36. The highest BCUT2D eigenvalue weighted by Crippen LogP contribution is 2.30. The van der Waals surface area contributed by atoms with Gasteiger partial charge in [0.2, 0.25) is 5.91 Å². The number of carbonyl (C=O) groups excluding carboxylic acids is 3. The number of amides is 4. The topological polar surface area (TPSA) is 99.3 Å². The Labute approximate surface area is 183 Å². The van der Waals surface area contributed by atoms with Crippen molar-refractivity contribution in [3.63, 3.8) is 0 Å². The molecule has 0 aliphatic heterocycles. The molecule has 0 radical (unpaired) electrons. The molecular formula is C24H30N4O3. The van der Waals surface area contributed by atoms with Crippen LogP contribution in [-0.4, -0.2) is 30.9 Å². The molecule has 7 heteroatoms. The lowest BCUT2D eigenvalue weighted by atomic mass is 9.87. The molecule has 1 aliphatic carbocycles. The molecule has 0 bridgehead atoms. The van der Waals surface area contributed by atoms with Crippen LogP contribution in [0.4, 0.5) is 16.2 Å². The molecule has 0 saturated heterocycles. The van der Waals surface area contributed by atoms with Crippen molar-refractivity contribution in [1.82, 2.24) is 10.6 Å². The molecular weight excluding hydrogens is 392 g/mol. The van der Waals surface area contributed by atoms with Crippen LogP contribution in [0.3, 0.4) is 0 Å². The zero-order valence-corrected chi connectivity index (χ0v) is 18.2. The van der Waals surface area contributed by atoms with E-state index in [1.165, 1.54) is 5.56 Å². The quantitative estimate of drug-likeness (QED) is 0.510. The number of rotatable bonds is 7. The van der Waals surface area contributed by atoms with Gasteiger partial charge in [-0.05, 0) is 60.2 Å². The van der Waals surface area contributed by atoms with Gasteiger partial charge in [-0.3, -0.25) is 9.59 Å². The SMILES string of the molecule is CC(C)(C)c1ccc(NC(=O)NCCNC(=O)c2ccc(NC(=O)C3CC3)cc2)cc1. The summed E-state index contributed by atoms with van der Waals surface area (Å²) in [5.41, 5.74) is 3.14. The molecule has 3 rings (SSSR count). The number of anilines is 2. The maximum atomic E-state index is 12.2. The van der Waals surface area contributed by atoms with E-state index in [1.807, 2.05) is 24.3 Å². The van der Waals surface area contributed by atoms with Gasteiger partial charge in [0, 0.05) is 35.9 Å². The Morgan fingerprint density at radius 3 is 1.94 bits per heavy atom. The number of hydrogen-bond acceptors (Lipinski definition) is 3. The molecule has 1 saturated carbocycles. The maximum absolute atomic E-state index is 12.2. The van der Waals surface area contributed by atoms with E-state index < -0.39 is 0 Å². The average molecular weight is 423 g/mol. The van der Waals surface area contributed by atoms with Crippen LogP contribution in [0.1, 0.15) is 49.5 Å². The van der Waals surface area contributed by atoms with E-state index >= 15 is 0 Å². The molecule has 4 N–H and O–H groups in total. The first-order valence-corrected chi connectivity index (χ1v) is 10.6. The van der Waals surface area contributed by atoms with Crippen molar-refractivity contribution in [2.24, 2.45) is 5.92 Å². The third kappa shape index (κ3) is 6.84. The lowest BCUT2D eigenvalue weighted by molar-refractivity contribution is -0.117. The molecule has 0 atom stereocenters. The fourth-order valence-corrected chi connectivity index (χ4v) is 2.98. The van der Waals surface area contributed by atoms with Crippen molar-refractivity contribution >= 4 is 29.2 Å².